The van der Waals surface area contributed by atoms with Crippen LogP contribution in [0.3, 0.4) is 0 Å². The summed E-state index contributed by atoms with van der Waals surface area (Å²) in [5.74, 6) is 0.896. The van der Waals surface area contributed by atoms with Crippen molar-refractivity contribution < 1.29 is 13.2 Å². The van der Waals surface area contributed by atoms with Crippen LogP contribution in [0.15, 0.2) is 53.4 Å². The van der Waals surface area contributed by atoms with E-state index in [1.165, 1.54) is 5.56 Å². The van der Waals surface area contributed by atoms with Gasteiger partial charge in [0.15, 0.2) is 0 Å². The molecular weight excluding hydrogens is 310 g/mol. The number of nitrogens with one attached hydrogen (secondary N) is 1. The molecule has 0 fully saturated rings. The molecule has 4 nitrogen and oxygen atoms in total. The van der Waals surface area contributed by atoms with Crippen molar-refractivity contribution in [1.82, 2.24) is 4.72 Å². The molecule has 2 aromatic rings. The topological polar surface area (TPSA) is 55.4 Å². The van der Waals surface area contributed by atoms with E-state index >= 15 is 0 Å². The zero-order valence-corrected chi connectivity index (χ0v) is 14.6. The predicted molar refractivity (Wildman–Crippen MR) is 92.2 cm³/mol. The van der Waals surface area contributed by atoms with E-state index in [9.17, 15) is 8.42 Å². The molecule has 5 heteroatoms. The van der Waals surface area contributed by atoms with Gasteiger partial charge < -0.3 is 4.74 Å². The van der Waals surface area contributed by atoms with Gasteiger partial charge in [0.1, 0.15) is 5.75 Å². The Balaban J connectivity index is 1.99. The molecular formula is C18H23NO3S. The molecule has 23 heavy (non-hydrogen) atoms. The van der Waals surface area contributed by atoms with Crippen molar-refractivity contribution in [1.29, 1.82) is 0 Å². The van der Waals surface area contributed by atoms with E-state index in [0.29, 0.717) is 12.3 Å². The molecule has 0 bridgehead atoms. The molecule has 1 atom stereocenters. The lowest BCUT2D eigenvalue weighted by atomic mass is 10.0. The van der Waals surface area contributed by atoms with Crippen LogP contribution in [0.1, 0.15) is 18.1 Å². The Morgan fingerprint density at radius 1 is 1.13 bits per heavy atom. The summed E-state index contributed by atoms with van der Waals surface area (Å²) < 4.78 is 32.6. The lowest BCUT2D eigenvalue weighted by molar-refractivity contribution is 0.411. The maximum atomic E-state index is 12.4. The fourth-order valence-corrected chi connectivity index (χ4v) is 3.69. The summed E-state index contributed by atoms with van der Waals surface area (Å²) in [5, 5.41) is 0. The second-order valence-electron chi connectivity index (χ2n) is 5.78. The van der Waals surface area contributed by atoms with Gasteiger partial charge in [0.2, 0.25) is 10.0 Å². The van der Waals surface area contributed by atoms with Crippen LogP contribution in [0, 0.1) is 12.8 Å². The summed E-state index contributed by atoms with van der Waals surface area (Å²) in [6.45, 7) is 4.27. The first-order valence-corrected chi connectivity index (χ1v) is 9.09. The van der Waals surface area contributed by atoms with Gasteiger partial charge in [0.25, 0.3) is 0 Å². The molecule has 0 radical (unpaired) electrons. The second-order valence-corrected chi connectivity index (χ2v) is 7.55. The summed E-state index contributed by atoms with van der Waals surface area (Å²) >= 11 is 0. The first kappa shape index (κ1) is 17.5. The number of rotatable bonds is 7. The minimum Gasteiger partial charge on any atom is -0.496 e. The van der Waals surface area contributed by atoms with Crippen LogP contribution in [0.4, 0.5) is 0 Å². The summed E-state index contributed by atoms with van der Waals surface area (Å²) in [6, 6.07) is 14.9. The maximum absolute atomic E-state index is 12.4. The van der Waals surface area contributed by atoms with Gasteiger partial charge in [-0.1, -0.05) is 37.3 Å². The quantitative estimate of drug-likeness (QED) is 0.847. The van der Waals surface area contributed by atoms with Gasteiger partial charge in [-0.2, -0.15) is 0 Å². The van der Waals surface area contributed by atoms with E-state index in [4.69, 9.17) is 4.74 Å². The SMILES string of the molecule is COc1ccc(S(=O)(=O)NCC(C)Cc2ccccc2)cc1C. The van der Waals surface area contributed by atoms with Crippen molar-refractivity contribution >= 4 is 10.0 Å². The number of aryl methyl sites for hydroxylation is 1. The van der Waals surface area contributed by atoms with Crippen LogP contribution in [0.5, 0.6) is 5.75 Å². The van der Waals surface area contributed by atoms with E-state index in [0.717, 1.165) is 12.0 Å². The lowest BCUT2D eigenvalue weighted by Gasteiger charge is -2.14. The Bertz CT molecular complexity index is 742. The third-order valence-electron chi connectivity index (χ3n) is 3.73. The molecule has 0 amide bonds. The minimum absolute atomic E-state index is 0.214. The fraction of sp³-hybridized carbons (Fsp3) is 0.333. The number of ether oxygens (including phenoxy) is 1. The third-order valence-corrected chi connectivity index (χ3v) is 5.15. The Labute approximate surface area is 138 Å². The van der Waals surface area contributed by atoms with Crippen LogP contribution < -0.4 is 9.46 Å². The first-order valence-electron chi connectivity index (χ1n) is 7.60. The van der Waals surface area contributed by atoms with Gasteiger partial charge in [0, 0.05) is 6.54 Å². The van der Waals surface area contributed by atoms with Gasteiger partial charge in [-0.05, 0) is 48.6 Å². The van der Waals surface area contributed by atoms with Gasteiger partial charge in [-0.3, -0.25) is 0 Å². The Kier molecular flexibility index (Phi) is 5.80. The zero-order chi connectivity index (χ0) is 16.9. The van der Waals surface area contributed by atoms with E-state index in [-0.39, 0.29) is 10.8 Å². The van der Waals surface area contributed by atoms with Crippen molar-refractivity contribution in [3.63, 3.8) is 0 Å². The van der Waals surface area contributed by atoms with Gasteiger partial charge in [-0.15, -0.1) is 0 Å². The Morgan fingerprint density at radius 2 is 1.83 bits per heavy atom. The number of hydrogen-bond donors (Lipinski definition) is 1. The molecule has 0 spiro atoms. The monoisotopic (exact) mass is 333 g/mol. The highest BCUT2D eigenvalue weighted by Gasteiger charge is 2.16. The number of benzene rings is 2. The Hall–Kier alpha value is -1.85. The highest BCUT2D eigenvalue weighted by molar-refractivity contribution is 7.89. The van der Waals surface area contributed by atoms with E-state index in [1.807, 2.05) is 32.0 Å². The van der Waals surface area contributed by atoms with Gasteiger partial charge in [0.05, 0.1) is 12.0 Å². The molecule has 0 saturated heterocycles. The lowest BCUT2D eigenvalue weighted by Crippen LogP contribution is -2.29. The van der Waals surface area contributed by atoms with Crippen LogP contribution in [-0.4, -0.2) is 22.1 Å². The standard InChI is InChI=1S/C18H23NO3S/c1-14(11-16-7-5-4-6-8-16)13-19-23(20,21)17-9-10-18(22-3)15(2)12-17/h4-10,12,14,19H,11,13H2,1-3H3. The average Bonchev–Trinajstić information content (AvgIpc) is 2.54. The maximum Gasteiger partial charge on any atom is 0.240 e. The molecule has 0 heterocycles. The van der Waals surface area contributed by atoms with E-state index in [1.54, 1.807) is 25.3 Å². The molecule has 1 N–H and O–H groups in total. The highest BCUT2D eigenvalue weighted by atomic mass is 32.2. The van der Waals surface area contributed by atoms with Crippen molar-refractivity contribution in [2.24, 2.45) is 5.92 Å². The smallest absolute Gasteiger partial charge is 0.240 e. The average molecular weight is 333 g/mol. The molecule has 0 aliphatic heterocycles. The molecule has 0 aliphatic rings. The summed E-state index contributed by atoms with van der Waals surface area (Å²) in [4.78, 5) is 0.266. The first-order chi connectivity index (χ1) is 10.9. The molecule has 0 aliphatic carbocycles. The Morgan fingerprint density at radius 3 is 2.43 bits per heavy atom. The van der Waals surface area contributed by atoms with Crippen LogP contribution >= 0.6 is 0 Å². The highest BCUT2D eigenvalue weighted by Crippen LogP contribution is 2.21. The minimum atomic E-state index is -3.50. The summed E-state index contributed by atoms with van der Waals surface area (Å²) in [7, 11) is -1.93. The fourth-order valence-electron chi connectivity index (χ4n) is 2.44. The zero-order valence-electron chi connectivity index (χ0n) is 13.7. The number of methoxy groups -OCH3 is 1. The molecule has 0 saturated carbocycles. The predicted octanol–water partition coefficient (Wildman–Crippen LogP) is 3.16. The third kappa shape index (κ3) is 4.81. The summed E-state index contributed by atoms with van der Waals surface area (Å²) in [6.07, 6.45) is 0.838. The van der Waals surface area contributed by atoms with E-state index < -0.39 is 10.0 Å². The van der Waals surface area contributed by atoms with Crippen molar-refractivity contribution in [3.8, 4) is 5.75 Å². The van der Waals surface area contributed by atoms with Crippen LogP contribution in [-0.2, 0) is 16.4 Å². The van der Waals surface area contributed by atoms with Crippen LogP contribution in [0.2, 0.25) is 0 Å². The molecule has 0 aromatic heterocycles. The largest absolute Gasteiger partial charge is 0.496 e. The van der Waals surface area contributed by atoms with Crippen LogP contribution in [0.25, 0.3) is 0 Å². The number of hydrogen-bond acceptors (Lipinski definition) is 3. The van der Waals surface area contributed by atoms with Crippen molar-refractivity contribution in [2.45, 2.75) is 25.2 Å². The normalized spacial score (nSPS) is 12.8. The van der Waals surface area contributed by atoms with Gasteiger partial charge >= 0.3 is 0 Å². The van der Waals surface area contributed by atoms with Gasteiger partial charge in [-0.25, -0.2) is 13.1 Å². The number of sulfonamides is 1. The summed E-state index contributed by atoms with van der Waals surface area (Å²) in [5.41, 5.74) is 2.01. The van der Waals surface area contributed by atoms with Crippen molar-refractivity contribution in [3.05, 3.63) is 59.7 Å². The van der Waals surface area contributed by atoms with E-state index in [2.05, 4.69) is 16.9 Å². The molecule has 124 valence electrons. The second kappa shape index (κ2) is 7.62. The van der Waals surface area contributed by atoms with Crippen molar-refractivity contribution in [2.75, 3.05) is 13.7 Å². The molecule has 2 rings (SSSR count). The molecule has 2 aromatic carbocycles. The molecule has 1 unspecified atom stereocenters.